The fraction of sp³-hybridized carbons (Fsp3) is 0.810. The molecule has 0 N–H and O–H groups in total. The molecule has 0 spiro atoms. The number of hydrogen-bond donors (Lipinski definition) is 0. The molecular weight excluding hydrogens is 308 g/mol. The summed E-state index contributed by atoms with van der Waals surface area (Å²) in [6, 6.07) is 1.96. The molecule has 1 aromatic heterocycles. The first-order valence-electron chi connectivity index (χ1n) is 10.5. The topological polar surface area (TPSA) is 32.3 Å². The third kappa shape index (κ3) is 4.33. The molecule has 1 aromatic rings. The molecule has 4 heteroatoms. The third-order valence-corrected chi connectivity index (χ3v) is 6.05. The smallest absolute Gasteiger partial charge is 0.225 e. The lowest BCUT2D eigenvalue weighted by Crippen LogP contribution is -2.57. The van der Waals surface area contributed by atoms with Gasteiger partial charge in [0.15, 0.2) is 0 Å². The van der Waals surface area contributed by atoms with Gasteiger partial charge in [0.2, 0.25) is 5.95 Å². The fourth-order valence-electron chi connectivity index (χ4n) is 4.60. The zero-order chi connectivity index (χ0) is 17.8. The lowest BCUT2D eigenvalue weighted by molar-refractivity contribution is 0.144. The molecule has 0 aliphatic carbocycles. The monoisotopic (exact) mass is 344 g/mol. The van der Waals surface area contributed by atoms with Gasteiger partial charge in [-0.1, -0.05) is 34.1 Å². The van der Waals surface area contributed by atoms with E-state index in [9.17, 15) is 0 Å². The number of aryl methyl sites for hydroxylation is 1. The van der Waals surface area contributed by atoms with E-state index in [2.05, 4.69) is 49.9 Å². The maximum Gasteiger partial charge on any atom is 0.225 e. The van der Waals surface area contributed by atoms with Gasteiger partial charge in [-0.05, 0) is 50.0 Å². The number of fused-ring (bicyclic) bond motifs is 2. The molecule has 0 radical (unpaired) electrons. The van der Waals surface area contributed by atoms with Crippen molar-refractivity contribution in [1.29, 1.82) is 0 Å². The second kappa shape index (κ2) is 8.48. The van der Waals surface area contributed by atoms with Crippen molar-refractivity contribution in [3.63, 3.8) is 0 Å². The molecule has 0 saturated carbocycles. The van der Waals surface area contributed by atoms with Crippen molar-refractivity contribution in [2.24, 2.45) is 5.92 Å². The van der Waals surface area contributed by atoms with Crippen molar-refractivity contribution < 1.29 is 0 Å². The SMILES string of the molecule is CCCC(CC)N1CC2CCC(C1)N2c1ncc(CCC(C)C)cn1. The number of rotatable bonds is 8. The molecule has 3 unspecified atom stereocenters. The Hall–Kier alpha value is -1.16. The van der Waals surface area contributed by atoms with Crippen LogP contribution >= 0.6 is 0 Å². The van der Waals surface area contributed by atoms with E-state index < -0.39 is 0 Å². The van der Waals surface area contributed by atoms with Crippen LogP contribution in [0.4, 0.5) is 5.95 Å². The average Bonchev–Trinajstić information content (AvgIpc) is 2.88. The predicted molar refractivity (Wildman–Crippen MR) is 105 cm³/mol. The normalized spacial score (nSPS) is 24.9. The van der Waals surface area contributed by atoms with Crippen LogP contribution in [0, 0.1) is 5.92 Å². The maximum absolute atomic E-state index is 4.74. The van der Waals surface area contributed by atoms with Crippen molar-refractivity contribution in [2.75, 3.05) is 18.0 Å². The van der Waals surface area contributed by atoms with Gasteiger partial charge in [0, 0.05) is 43.6 Å². The van der Waals surface area contributed by atoms with Gasteiger partial charge in [0.25, 0.3) is 0 Å². The van der Waals surface area contributed by atoms with Crippen LogP contribution < -0.4 is 4.90 Å². The van der Waals surface area contributed by atoms with Gasteiger partial charge in [0.05, 0.1) is 0 Å². The second-order valence-corrected chi connectivity index (χ2v) is 8.42. The van der Waals surface area contributed by atoms with Crippen molar-refractivity contribution in [2.45, 2.75) is 90.8 Å². The Bertz CT molecular complexity index is 513. The Balaban J connectivity index is 1.65. The molecule has 2 bridgehead atoms. The molecule has 3 atom stereocenters. The molecule has 2 fully saturated rings. The molecule has 2 aliphatic rings. The zero-order valence-electron chi connectivity index (χ0n) is 16.6. The standard InChI is InChI=1S/C21H36N4/c1-5-7-18(6-2)24-14-19-10-11-20(15-24)25(19)21-22-12-17(13-23-21)9-8-16(3)4/h12-13,16,18-20H,5-11,14-15H2,1-4H3. The highest BCUT2D eigenvalue weighted by Gasteiger charge is 2.42. The van der Waals surface area contributed by atoms with Crippen LogP contribution in [0.1, 0.15) is 71.8 Å². The van der Waals surface area contributed by atoms with Gasteiger partial charge in [-0.15, -0.1) is 0 Å². The van der Waals surface area contributed by atoms with Gasteiger partial charge in [-0.3, -0.25) is 4.90 Å². The third-order valence-electron chi connectivity index (χ3n) is 6.05. The predicted octanol–water partition coefficient (Wildman–Crippen LogP) is 4.30. The van der Waals surface area contributed by atoms with Gasteiger partial charge in [-0.25, -0.2) is 9.97 Å². The van der Waals surface area contributed by atoms with E-state index >= 15 is 0 Å². The minimum absolute atomic E-state index is 0.603. The molecule has 3 heterocycles. The second-order valence-electron chi connectivity index (χ2n) is 8.42. The van der Waals surface area contributed by atoms with Crippen LogP contribution in [0.3, 0.4) is 0 Å². The first-order chi connectivity index (χ1) is 12.1. The summed E-state index contributed by atoms with van der Waals surface area (Å²) in [7, 11) is 0. The highest BCUT2D eigenvalue weighted by Crippen LogP contribution is 2.34. The number of anilines is 1. The Kier molecular flexibility index (Phi) is 6.32. The highest BCUT2D eigenvalue weighted by molar-refractivity contribution is 5.38. The summed E-state index contributed by atoms with van der Waals surface area (Å²) in [5.41, 5.74) is 1.28. The first kappa shape index (κ1) is 18.6. The number of nitrogens with zero attached hydrogens (tertiary/aromatic N) is 4. The lowest BCUT2D eigenvalue weighted by Gasteiger charge is -2.44. The lowest BCUT2D eigenvalue weighted by atomic mass is 10.0. The molecule has 4 nitrogen and oxygen atoms in total. The van der Waals surface area contributed by atoms with E-state index in [1.807, 2.05) is 0 Å². The summed E-state index contributed by atoms with van der Waals surface area (Å²) < 4.78 is 0. The minimum Gasteiger partial charge on any atom is -0.332 e. The first-order valence-corrected chi connectivity index (χ1v) is 10.5. The van der Waals surface area contributed by atoms with E-state index in [0.717, 1.165) is 24.3 Å². The minimum atomic E-state index is 0.603. The molecule has 2 aliphatic heterocycles. The van der Waals surface area contributed by atoms with Crippen molar-refractivity contribution in [3.8, 4) is 0 Å². The van der Waals surface area contributed by atoms with Gasteiger partial charge in [0.1, 0.15) is 0 Å². The van der Waals surface area contributed by atoms with Crippen molar-refractivity contribution >= 4 is 5.95 Å². The van der Waals surface area contributed by atoms with E-state index in [-0.39, 0.29) is 0 Å². The molecule has 0 aromatic carbocycles. The number of aromatic nitrogens is 2. The van der Waals surface area contributed by atoms with E-state index in [4.69, 9.17) is 9.97 Å². The van der Waals surface area contributed by atoms with Crippen LogP contribution in [0.25, 0.3) is 0 Å². The quantitative estimate of drug-likeness (QED) is 0.704. The maximum atomic E-state index is 4.74. The molecule has 25 heavy (non-hydrogen) atoms. The average molecular weight is 345 g/mol. The molecule has 0 amide bonds. The number of piperazine rings is 1. The Morgan fingerprint density at radius 1 is 1.04 bits per heavy atom. The Labute approximate surface area is 154 Å². The van der Waals surface area contributed by atoms with Crippen LogP contribution in [0.2, 0.25) is 0 Å². The van der Waals surface area contributed by atoms with Crippen LogP contribution in [0.15, 0.2) is 12.4 Å². The van der Waals surface area contributed by atoms with Crippen molar-refractivity contribution in [1.82, 2.24) is 14.9 Å². The summed E-state index contributed by atoms with van der Waals surface area (Å²) in [4.78, 5) is 14.8. The largest absolute Gasteiger partial charge is 0.332 e. The van der Waals surface area contributed by atoms with Gasteiger partial charge < -0.3 is 4.90 Å². The Morgan fingerprint density at radius 3 is 2.20 bits per heavy atom. The number of hydrogen-bond acceptors (Lipinski definition) is 4. The summed E-state index contributed by atoms with van der Waals surface area (Å²) >= 11 is 0. The van der Waals surface area contributed by atoms with Crippen LogP contribution in [-0.4, -0.2) is 46.1 Å². The number of likely N-dealkylation sites (tertiary alicyclic amines) is 1. The van der Waals surface area contributed by atoms with E-state index in [0.29, 0.717) is 12.1 Å². The summed E-state index contributed by atoms with van der Waals surface area (Å²) in [5.74, 6) is 1.70. The van der Waals surface area contributed by atoms with Gasteiger partial charge >= 0.3 is 0 Å². The molecule has 140 valence electrons. The van der Waals surface area contributed by atoms with Crippen LogP contribution in [0.5, 0.6) is 0 Å². The highest BCUT2D eigenvalue weighted by atomic mass is 15.4. The van der Waals surface area contributed by atoms with E-state index in [1.54, 1.807) is 0 Å². The summed E-state index contributed by atoms with van der Waals surface area (Å²) in [6.45, 7) is 11.6. The van der Waals surface area contributed by atoms with Gasteiger partial charge in [-0.2, -0.15) is 0 Å². The summed E-state index contributed by atoms with van der Waals surface area (Å²) in [5, 5.41) is 0. The van der Waals surface area contributed by atoms with E-state index in [1.165, 1.54) is 57.2 Å². The molecule has 2 saturated heterocycles. The summed E-state index contributed by atoms with van der Waals surface area (Å²) in [6.07, 6.45) is 12.9. The van der Waals surface area contributed by atoms with Crippen molar-refractivity contribution in [3.05, 3.63) is 18.0 Å². The molecule has 3 rings (SSSR count). The molecular formula is C21H36N4. The van der Waals surface area contributed by atoms with Crippen LogP contribution in [-0.2, 0) is 6.42 Å². The zero-order valence-corrected chi connectivity index (χ0v) is 16.6. The fourth-order valence-corrected chi connectivity index (χ4v) is 4.60. The Morgan fingerprint density at radius 2 is 1.68 bits per heavy atom.